The van der Waals surface area contributed by atoms with Crippen LogP contribution in [0.3, 0.4) is 0 Å². The lowest BCUT2D eigenvalue weighted by Crippen LogP contribution is -2.53. The predicted molar refractivity (Wildman–Crippen MR) is 91.3 cm³/mol. The van der Waals surface area contributed by atoms with Crippen molar-refractivity contribution in [3.8, 4) is 0 Å². The summed E-state index contributed by atoms with van der Waals surface area (Å²) in [5, 5.41) is 0. The van der Waals surface area contributed by atoms with Crippen LogP contribution >= 0.6 is 28.3 Å². The predicted octanol–water partition coefficient (Wildman–Crippen LogP) is 2.93. The van der Waals surface area contributed by atoms with Gasteiger partial charge in [0.1, 0.15) is 0 Å². The fraction of sp³-hybridized carbons (Fsp3) is 0.571. The van der Waals surface area contributed by atoms with E-state index >= 15 is 0 Å². The molecule has 1 atom stereocenters. The molecular formula is C14H22BrClN2O2S. The van der Waals surface area contributed by atoms with Crippen molar-refractivity contribution in [3.63, 3.8) is 0 Å². The zero-order valence-corrected chi connectivity index (χ0v) is 15.7. The van der Waals surface area contributed by atoms with Gasteiger partial charge in [-0.15, -0.1) is 12.4 Å². The maximum absolute atomic E-state index is 12.8. The number of rotatable bonds is 2. The first kappa shape index (κ1) is 18.9. The maximum Gasteiger partial charge on any atom is 0.244 e. The first-order chi connectivity index (χ1) is 9.16. The van der Waals surface area contributed by atoms with Crippen molar-refractivity contribution in [2.24, 2.45) is 11.1 Å². The number of hydrogen-bond donors (Lipinski definition) is 1. The van der Waals surface area contributed by atoms with Crippen molar-refractivity contribution >= 4 is 38.4 Å². The van der Waals surface area contributed by atoms with E-state index < -0.39 is 10.0 Å². The molecule has 1 saturated heterocycles. The van der Waals surface area contributed by atoms with Crippen molar-refractivity contribution in [1.82, 2.24) is 4.31 Å². The van der Waals surface area contributed by atoms with E-state index in [0.717, 1.165) is 5.56 Å². The molecule has 0 amide bonds. The summed E-state index contributed by atoms with van der Waals surface area (Å²) in [5.41, 5.74) is 6.79. The summed E-state index contributed by atoms with van der Waals surface area (Å²) in [7, 11) is -3.48. The van der Waals surface area contributed by atoms with Crippen LogP contribution in [-0.4, -0.2) is 31.9 Å². The summed E-state index contributed by atoms with van der Waals surface area (Å²) in [6, 6.07) is 5.34. The number of nitrogens with zero attached hydrogens (tertiary/aromatic N) is 1. The molecule has 1 aliphatic rings. The third-order valence-electron chi connectivity index (χ3n) is 4.05. The Hall–Kier alpha value is -0.140. The SMILES string of the molecule is Cc1cccc(S(=O)(=O)N2CCC(N)C(C)(C)C2)c1Br.Cl. The van der Waals surface area contributed by atoms with E-state index in [1.165, 1.54) is 0 Å². The highest BCUT2D eigenvalue weighted by atomic mass is 79.9. The zero-order chi connectivity index (χ0) is 15.1. The molecule has 1 aromatic carbocycles. The average molecular weight is 398 g/mol. The largest absolute Gasteiger partial charge is 0.327 e. The van der Waals surface area contributed by atoms with Crippen molar-refractivity contribution < 1.29 is 8.42 Å². The number of hydrogen-bond acceptors (Lipinski definition) is 3. The Morgan fingerprint density at radius 1 is 1.38 bits per heavy atom. The maximum atomic E-state index is 12.8. The van der Waals surface area contributed by atoms with Crippen molar-refractivity contribution in [2.75, 3.05) is 13.1 Å². The molecule has 2 rings (SSSR count). The van der Waals surface area contributed by atoms with Crippen molar-refractivity contribution in [3.05, 3.63) is 28.2 Å². The van der Waals surface area contributed by atoms with Gasteiger partial charge in [-0.25, -0.2) is 8.42 Å². The lowest BCUT2D eigenvalue weighted by atomic mass is 9.81. The minimum atomic E-state index is -3.48. The third kappa shape index (κ3) is 3.62. The highest BCUT2D eigenvalue weighted by molar-refractivity contribution is 9.10. The second kappa shape index (κ2) is 6.54. The van der Waals surface area contributed by atoms with Gasteiger partial charge < -0.3 is 5.73 Å². The minimum Gasteiger partial charge on any atom is -0.327 e. The first-order valence-electron chi connectivity index (χ1n) is 6.67. The van der Waals surface area contributed by atoms with Crippen LogP contribution in [0.4, 0.5) is 0 Å². The highest BCUT2D eigenvalue weighted by Gasteiger charge is 2.39. The van der Waals surface area contributed by atoms with Crippen LogP contribution in [0.25, 0.3) is 0 Å². The molecular weight excluding hydrogens is 376 g/mol. The fourth-order valence-electron chi connectivity index (χ4n) is 2.49. The summed E-state index contributed by atoms with van der Waals surface area (Å²) < 4.78 is 27.8. The number of aryl methyl sites for hydroxylation is 1. The van der Waals surface area contributed by atoms with Crippen LogP contribution in [0.1, 0.15) is 25.8 Å². The number of sulfonamides is 1. The van der Waals surface area contributed by atoms with Gasteiger partial charge in [-0.05, 0) is 46.3 Å². The lowest BCUT2D eigenvalue weighted by Gasteiger charge is -2.41. The second-order valence-corrected chi connectivity index (χ2v) is 8.81. The number of benzene rings is 1. The smallest absolute Gasteiger partial charge is 0.244 e. The number of halogens is 2. The van der Waals surface area contributed by atoms with Gasteiger partial charge in [0.25, 0.3) is 0 Å². The monoisotopic (exact) mass is 396 g/mol. The van der Waals surface area contributed by atoms with Gasteiger partial charge in [0.2, 0.25) is 10.0 Å². The Morgan fingerprint density at radius 2 is 2.00 bits per heavy atom. The van der Waals surface area contributed by atoms with Gasteiger partial charge in [0.15, 0.2) is 0 Å². The Morgan fingerprint density at radius 3 is 2.57 bits per heavy atom. The minimum absolute atomic E-state index is 0. The number of nitrogens with two attached hydrogens (primary N) is 1. The topological polar surface area (TPSA) is 63.4 Å². The molecule has 7 heteroatoms. The van der Waals surface area contributed by atoms with Crippen molar-refractivity contribution in [2.45, 2.75) is 38.1 Å². The van der Waals surface area contributed by atoms with E-state index in [2.05, 4.69) is 15.9 Å². The molecule has 1 aromatic rings. The van der Waals surface area contributed by atoms with Gasteiger partial charge in [-0.3, -0.25) is 0 Å². The van der Waals surface area contributed by atoms with E-state index in [1.807, 2.05) is 26.8 Å². The van der Waals surface area contributed by atoms with Crippen LogP contribution in [-0.2, 0) is 10.0 Å². The summed E-state index contributed by atoms with van der Waals surface area (Å²) in [5.74, 6) is 0. The van der Waals surface area contributed by atoms with Crippen LogP contribution < -0.4 is 5.73 Å². The summed E-state index contributed by atoms with van der Waals surface area (Å²) in [6.45, 7) is 6.86. The standard InChI is InChI=1S/C14H21BrN2O2S.ClH/c1-10-5-4-6-11(13(10)15)20(18,19)17-8-7-12(16)14(2,3)9-17;/h4-6,12H,7-9,16H2,1-3H3;1H. The molecule has 0 aliphatic carbocycles. The molecule has 0 spiro atoms. The van der Waals surface area contributed by atoms with Crippen LogP contribution in [0.2, 0.25) is 0 Å². The Bertz CT molecular complexity index is 619. The van der Waals surface area contributed by atoms with E-state index in [4.69, 9.17) is 5.73 Å². The Balaban J connectivity index is 0.00000220. The lowest BCUT2D eigenvalue weighted by molar-refractivity contribution is 0.155. The zero-order valence-electron chi connectivity index (χ0n) is 12.5. The Kier molecular flexibility index (Phi) is 5.89. The fourth-order valence-corrected chi connectivity index (χ4v) is 5.13. The van der Waals surface area contributed by atoms with Gasteiger partial charge in [-0.1, -0.05) is 26.0 Å². The van der Waals surface area contributed by atoms with Gasteiger partial charge in [-0.2, -0.15) is 4.31 Å². The first-order valence-corrected chi connectivity index (χ1v) is 8.90. The normalized spacial score (nSPS) is 22.6. The molecule has 1 heterocycles. The molecule has 21 heavy (non-hydrogen) atoms. The molecule has 0 aromatic heterocycles. The summed E-state index contributed by atoms with van der Waals surface area (Å²) in [6.07, 6.45) is 0.690. The van der Waals surface area contributed by atoms with E-state index in [9.17, 15) is 8.42 Å². The van der Waals surface area contributed by atoms with Gasteiger partial charge in [0.05, 0.1) is 4.90 Å². The number of piperidine rings is 1. The van der Waals surface area contributed by atoms with Crippen molar-refractivity contribution in [1.29, 1.82) is 0 Å². The third-order valence-corrected chi connectivity index (χ3v) is 7.25. The Labute approximate surface area is 141 Å². The average Bonchev–Trinajstić information content (AvgIpc) is 2.35. The van der Waals surface area contributed by atoms with Crippen LogP contribution in [0.15, 0.2) is 27.6 Å². The molecule has 0 bridgehead atoms. The van der Waals surface area contributed by atoms with Crippen LogP contribution in [0, 0.1) is 12.3 Å². The van der Waals surface area contributed by atoms with E-state index in [-0.39, 0.29) is 23.9 Å². The molecule has 1 unspecified atom stereocenters. The second-order valence-electron chi connectivity index (χ2n) is 6.11. The molecule has 0 saturated carbocycles. The summed E-state index contributed by atoms with van der Waals surface area (Å²) in [4.78, 5) is 0.337. The van der Waals surface area contributed by atoms with Crippen LogP contribution in [0.5, 0.6) is 0 Å². The highest BCUT2D eigenvalue weighted by Crippen LogP contribution is 2.34. The molecule has 0 radical (unpaired) electrons. The van der Waals surface area contributed by atoms with E-state index in [0.29, 0.717) is 28.9 Å². The molecule has 4 nitrogen and oxygen atoms in total. The van der Waals surface area contributed by atoms with Gasteiger partial charge >= 0.3 is 0 Å². The molecule has 120 valence electrons. The molecule has 1 aliphatic heterocycles. The van der Waals surface area contributed by atoms with Gasteiger partial charge in [0, 0.05) is 23.6 Å². The quantitative estimate of drug-likeness (QED) is 0.834. The van der Waals surface area contributed by atoms with E-state index in [1.54, 1.807) is 16.4 Å². The summed E-state index contributed by atoms with van der Waals surface area (Å²) >= 11 is 3.39. The molecule has 2 N–H and O–H groups in total. The molecule has 1 fully saturated rings.